The van der Waals surface area contributed by atoms with E-state index in [1.807, 2.05) is 48.5 Å². The Morgan fingerprint density at radius 2 is 1.02 bits per heavy atom. The van der Waals surface area contributed by atoms with Gasteiger partial charge in [-0.1, -0.05) is 61.3 Å². The molecule has 13 heteroatoms. The summed E-state index contributed by atoms with van der Waals surface area (Å²) in [7, 11) is 18.0. The van der Waals surface area contributed by atoms with Crippen molar-refractivity contribution in [3.8, 4) is 0 Å². The maximum Gasteiger partial charge on any atom is 0.139 e. The summed E-state index contributed by atoms with van der Waals surface area (Å²) in [5, 5.41) is 45.4. The van der Waals surface area contributed by atoms with E-state index >= 15 is 0 Å². The fourth-order valence-electron chi connectivity index (χ4n) is 8.23. The number of hydrogen-bond donors (Lipinski definition) is 4. The van der Waals surface area contributed by atoms with E-state index in [9.17, 15) is 25.5 Å². The van der Waals surface area contributed by atoms with Gasteiger partial charge in [0.2, 0.25) is 0 Å². The Kier molecular flexibility index (Phi) is 22.9. The summed E-state index contributed by atoms with van der Waals surface area (Å²) in [5.74, 6) is 0.182. The molecule has 3 aliphatic rings. The average molecular weight is 682 g/mol. The molecule has 3 saturated heterocycles. The summed E-state index contributed by atoms with van der Waals surface area (Å²) in [5.41, 5.74) is -1.34. The van der Waals surface area contributed by atoms with Gasteiger partial charge in [0.05, 0.1) is 17.2 Å². The van der Waals surface area contributed by atoms with Crippen LogP contribution in [0.15, 0.2) is 0 Å². The average Bonchev–Trinajstić information content (AvgIpc) is 3.06. The molecule has 277 valence electrons. The molecule has 3 aliphatic heterocycles. The number of ketones is 1. The van der Waals surface area contributed by atoms with Crippen LogP contribution in [-0.2, 0) is 4.79 Å². The maximum atomic E-state index is 12.0. The van der Waals surface area contributed by atoms with Crippen molar-refractivity contribution in [1.82, 2.24) is 15.2 Å². The Morgan fingerprint density at radius 1 is 0.673 bits per heavy atom. The van der Waals surface area contributed by atoms with Crippen LogP contribution in [0.2, 0.25) is 0 Å². The number of aliphatic hydroxyl groups is 1. The molecule has 4 N–H and O–H groups in total. The highest BCUT2D eigenvalue weighted by atomic mass is 16.5. The molecule has 7 unspecified atom stereocenters. The molecule has 49 heavy (non-hydrogen) atoms. The quantitative estimate of drug-likeness (QED) is 0.206. The third-order valence-electron chi connectivity index (χ3n) is 12.4. The highest BCUT2D eigenvalue weighted by Gasteiger charge is 2.52. The Hall–Kier alpha value is -0.285. The number of piperidine rings is 3. The first-order valence-electron chi connectivity index (χ1n) is 18.9. The van der Waals surface area contributed by atoms with Gasteiger partial charge >= 0.3 is 0 Å². The Balaban J connectivity index is 0. The van der Waals surface area contributed by atoms with E-state index in [1.54, 1.807) is 5.06 Å². The third kappa shape index (κ3) is 12.7. The zero-order chi connectivity index (χ0) is 39.1. The van der Waals surface area contributed by atoms with Crippen LogP contribution in [0.1, 0.15) is 180 Å². The highest BCUT2D eigenvalue weighted by Crippen LogP contribution is 2.43. The van der Waals surface area contributed by atoms with E-state index in [4.69, 9.17) is 0 Å². The van der Waals surface area contributed by atoms with Gasteiger partial charge < -0.3 is 20.7 Å². The lowest BCUT2D eigenvalue weighted by molar-refractivity contribution is -0.269. The molecule has 9 radical (unpaired) electrons. The molecule has 8 nitrogen and oxygen atoms in total. The molecule has 0 aromatic rings. The smallest absolute Gasteiger partial charge is 0.139 e. The first kappa shape index (κ1) is 50.8. The molecule has 3 rings (SSSR count). The molecule has 0 spiro atoms. The molecule has 0 amide bonds. The summed E-state index contributed by atoms with van der Waals surface area (Å²) in [4.78, 5) is 12.0. The second-order valence-corrected chi connectivity index (χ2v) is 16.2. The van der Waals surface area contributed by atoms with Crippen LogP contribution in [-0.4, -0.2) is 119 Å². The normalized spacial score (nSPS) is 38.3. The maximum absolute atomic E-state index is 12.0. The zero-order valence-electron chi connectivity index (χ0n) is 34.0. The van der Waals surface area contributed by atoms with Crippen LogP contribution >= 0.6 is 0 Å². The predicted molar refractivity (Wildman–Crippen MR) is 209 cm³/mol. The van der Waals surface area contributed by atoms with Crippen molar-refractivity contribution in [2.24, 2.45) is 5.92 Å². The van der Waals surface area contributed by atoms with Crippen LogP contribution in [0, 0.1) is 5.92 Å². The van der Waals surface area contributed by atoms with Crippen molar-refractivity contribution in [3.05, 3.63) is 0 Å². The fraction of sp³-hybridized carbons (Fsp3) is 0.972. The molecular formula is C36H73B5N3O5. The molecule has 0 saturated carbocycles. The van der Waals surface area contributed by atoms with Crippen molar-refractivity contribution in [3.63, 3.8) is 0 Å². The summed E-state index contributed by atoms with van der Waals surface area (Å²) >= 11 is 0. The van der Waals surface area contributed by atoms with Gasteiger partial charge in [-0.05, 0) is 112 Å². The molecular weight excluding hydrogens is 608 g/mol. The third-order valence-corrected chi connectivity index (χ3v) is 12.4. The van der Waals surface area contributed by atoms with Crippen molar-refractivity contribution < 1.29 is 25.5 Å². The van der Waals surface area contributed by atoms with Gasteiger partial charge in [0.25, 0.3) is 0 Å². The van der Waals surface area contributed by atoms with E-state index in [1.165, 1.54) is 16.5 Å². The van der Waals surface area contributed by atoms with Gasteiger partial charge in [0, 0.05) is 72.5 Å². The summed E-state index contributed by atoms with van der Waals surface area (Å²) in [6.45, 7) is 26.9. The van der Waals surface area contributed by atoms with E-state index in [0.29, 0.717) is 19.3 Å². The lowest BCUT2D eigenvalue weighted by Gasteiger charge is -2.53. The Bertz CT molecular complexity index is 897. The first-order valence-corrected chi connectivity index (χ1v) is 18.9. The summed E-state index contributed by atoms with van der Waals surface area (Å²) in [6.07, 6.45) is 12.8. The number of aliphatic hydroxyl groups excluding tert-OH is 1. The van der Waals surface area contributed by atoms with Gasteiger partial charge in [-0.15, -0.1) is 0 Å². The van der Waals surface area contributed by atoms with E-state index < -0.39 is 11.1 Å². The monoisotopic (exact) mass is 683 g/mol. The Labute approximate surface area is 309 Å². The van der Waals surface area contributed by atoms with E-state index in [-0.39, 0.29) is 40.0 Å². The number of carbonyl (C=O) groups excluding carboxylic acids is 1. The minimum absolute atomic E-state index is 0.0108. The molecule has 0 aliphatic carbocycles. The minimum atomic E-state index is -0.417. The van der Waals surface area contributed by atoms with Crippen molar-refractivity contribution in [2.45, 2.75) is 219 Å². The van der Waals surface area contributed by atoms with Crippen LogP contribution in [0.25, 0.3) is 0 Å². The van der Waals surface area contributed by atoms with Gasteiger partial charge in [-0.25, -0.2) is 0 Å². The number of nitrogens with zero attached hydrogens (tertiary/aromatic N) is 3. The van der Waals surface area contributed by atoms with Gasteiger partial charge in [-0.3, -0.25) is 4.79 Å². The zero-order valence-corrected chi connectivity index (χ0v) is 34.0. The molecule has 0 bridgehead atoms. The molecule has 0 aromatic heterocycles. The molecule has 7 atom stereocenters. The topological polar surface area (TPSA) is 108 Å². The van der Waals surface area contributed by atoms with Crippen LogP contribution in [0.4, 0.5) is 0 Å². The lowest BCUT2D eigenvalue weighted by Crippen LogP contribution is -2.65. The van der Waals surface area contributed by atoms with Crippen LogP contribution in [0.5, 0.6) is 0 Å². The summed E-state index contributed by atoms with van der Waals surface area (Å²) < 4.78 is 0. The van der Waals surface area contributed by atoms with Crippen molar-refractivity contribution >= 4 is 43.8 Å². The molecule has 3 heterocycles. The SMILES string of the molecule is CCC1(C)CC(=O)C(C)C(C)(CC)N1O.CCC1(C)CC(O)CC(C)(CC)N1O.CCCC1(C)CCCC(C)(CCC)N1O.[B][B].[B][B][B]. The second kappa shape index (κ2) is 22.1. The van der Waals surface area contributed by atoms with Gasteiger partial charge in [-0.2, -0.15) is 15.2 Å². The van der Waals surface area contributed by atoms with E-state index in [0.717, 1.165) is 71.3 Å². The van der Waals surface area contributed by atoms with Crippen LogP contribution in [0.3, 0.4) is 0 Å². The number of rotatable bonds is 8. The minimum Gasteiger partial charge on any atom is -0.393 e. The number of Topliss-reactive ketones (excluding diaryl/α,β-unsaturated/α-hetero) is 1. The number of hydroxylamine groups is 6. The van der Waals surface area contributed by atoms with Gasteiger partial charge in [0.15, 0.2) is 0 Å². The van der Waals surface area contributed by atoms with Crippen molar-refractivity contribution in [1.29, 1.82) is 0 Å². The lowest BCUT2D eigenvalue weighted by atomic mass is 9.40. The number of carbonyl (C=O) groups is 1. The standard InChI is InChI=1S/C13H27NO.C12H23NO2.C11H23NO2.B3.B2/c1-5-8-12(3)10-7-11-13(4,9-6-2)14(12)15;1-6-11(4)8-10(14)9(3)12(5,7-2)13(11)15;1-5-10(3)7-9(13)8-11(4,6-2)12(10)14;1-3-2;1-2/h15H,5-11H2,1-4H3;9,15H,6-8H2,1-5H3;9,13-14H,5-8H2,1-4H3;;. The first-order chi connectivity index (χ1) is 22.6. The fourth-order valence-corrected chi connectivity index (χ4v) is 8.23. The summed E-state index contributed by atoms with van der Waals surface area (Å²) in [6, 6.07) is 0. The van der Waals surface area contributed by atoms with Crippen molar-refractivity contribution in [2.75, 3.05) is 0 Å². The Morgan fingerprint density at radius 3 is 1.33 bits per heavy atom. The second-order valence-electron chi connectivity index (χ2n) is 16.2. The largest absolute Gasteiger partial charge is 0.393 e. The molecule has 3 fully saturated rings. The number of hydrogen-bond acceptors (Lipinski definition) is 8. The van der Waals surface area contributed by atoms with Gasteiger partial charge in [0.1, 0.15) is 5.78 Å². The van der Waals surface area contributed by atoms with E-state index in [2.05, 4.69) is 72.5 Å². The molecule has 0 aromatic carbocycles. The predicted octanol–water partition coefficient (Wildman–Crippen LogP) is 6.87. The highest BCUT2D eigenvalue weighted by molar-refractivity contribution is 7.17. The van der Waals surface area contributed by atoms with Crippen LogP contribution < -0.4 is 0 Å².